The highest BCUT2D eigenvalue weighted by molar-refractivity contribution is 5.92. The molecule has 0 radical (unpaired) electrons. The van der Waals surface area contributed by atoms with Crippen molar-refractivity contribution in [3.63, 3.8) is 0 Å². The number of rotatable bonds is 6. The lowest BCUT2D eigenvalue weighted by Crippen LogP contribution is -2.42. The maximum atomic E-state index is 12.7. The molecule has 0 aromatic heterocycles. The number of carbonyl (C=O) groups excluding carboxylic acids is 1. The van der Waals surface area contributed by atoms with Crippen molar-refractivity contribution in [2.45, 2.75) is 37.3 Å². The van der Waals surface area contributed by atoms with Gasteiger partial charge in [0.15, 0.2) is 0 Å². The molecule has 5 nitrogen and oxygen atoms in total. The van der Waals surface area contributed by atoms with E-state index in [0.717, 1.165) is 30.5 Å². The third kappa shape index (κ3) is 5.26. The smallest absolute Gasteiger partial charge is 0.371 e. The van der Waals surface area contributed by atoms with Crippen molar-refractivity contribution in [3.05, 3.63) is 65.7 Å². The Bertz CT molecular complexity index is 881. The summed E-state index contributed by atoms with van der Waals surface area (Å²) < 4.78 is 50.3. The van der Waals surface area contributed by atoms with Crippen LogP contribution in [-0.4, -0.2) is 48.8 Å². The Kier molecular flexibility index (Phi) is 6.31. The summed E-state index contributed by atoms with van der Waals surface area (Å²) >= 11 is 0. The second kappa shape index (κ2) is 8.98. The van der Waals surface area contributed by atoms with Gasteiger partial charge in [0.05, 0.1) is 18.7 Å². The highest BCUT2D eigenvalue weighted by Gasteiger charge is 2.50. The lowest BCUT2D eigenvalue weighted by Gasteiger charge is -2.29. The molecule has 2 aliphatic rings. The van der Waals surface area contributed by atoms with Gasteiger partial charge in [-0.25, -0.2) is 0 Å². The largest absolute Gasteiger partial charge is 0.416 e. The van der Waals surface area contributed by atoms with Gasteiger partial charge in [-0.2, -0.15) is 13.2 Å². The van der Waals surface area contributed by atoms with Gasteiger partial charge in [0.1, 0.15) is 11.7 Å². The molecular weight excluding hydrogens is 409 g/mol. The Hall–Kier alpha value is -2.42. The van der Waals surface area contributed by atoms with Gasteiger partial charge >= 0.3 is 6.18 Å². The summed E-state index contributed by atoms with van der Waals surface area (Å²) in [4.78, 5) is 14.5. The summed E-state index contributed by atoms with van der Waals surface area (Å²) in [5.41, 5.74) is 0.252. The fraction of sp³-hybridized carbons (Fsp3) is 0.435. The zero-order valence-electron chi connectivity index (χ0n) is 17.0. The molecule has 1 amide bonds. The average molecular weight is 434 g/mol. The summed E-state index contributed by atoms with van der Waals surface area (Å²) in [5.74, 6) is -0.281. The Labute approximate surface area is 179 Å². The zero-order chi connectivity index (χ0) is 21.9. The highest BCUT2D eigenvalue weighted by Crippen LogP contribution is 2.37. The molecule has 1 N–H and O–H groups in total. The molecule has 2 heterocycles. The SMILES string of the molecule is O=C(CN1C[C@H](OCc2ccccc2)[C@]2(CCCO2)C1)Nc1ccc(C(F)(F)F)cc1. The summed E-state index contributed by atoms with van der Waals surface area (Å²) in [6, 6.07) is 14.3. The van der Waals surface area contributed by atoms with Gasteiger partial charge in [-0.3, -0.25) is 9.69 Å². The second-order valence-electron chi connectivity index (χ2n) is 8.09. The predicted molar refractivity (Wildman–Crippen MR) is 109 cm³/mol. The molecule has 31 heavy (non-hydrogen) atoms. The lowest BCUT2D eigenvalue weighted by molar-refractivity contribution is -0.137. The molecule has 0 saturated carbocycles. The van der Waals surface area contributed by atoms with E-state index in [2.05, 4.69) is 5.32 Å². The van der Waals surface area contributed by atoms with Crippen molar-refractivity contribution in [2.75, 3.05) is 31.6 Å². The normalized spacial score (nSPS) is 24.0. The van der Waals surface area contributed by atoms with Gasteiger partial charge < -0.3 is 14.8 Å². The van der Waals surface area contributed by atoms with Crippen LogP contribution < -0.4 is 5.32 Å². The highest BCUT2D eigenvalue weighted by atomic mass is 19.4. The van der Waals surface area contributed by atoms with Crippen molar-refractivity contribution in [3.8, 4) is 0 Å². The Morgan fingerprint density at radius 1 is 1.16 bits per heavy atom. The van der Waals surface area contributed by atoms with E-state index < -0.39 is 17.3 Å². The fourth-order valence-electron chi connectivity index (χ4n) is 4.29. The average Bonchev–Trinajstić information content (AvgIpc) is 3.34. The van der Waals surface area contributed by atoms with Gasteiger partial charge in [-0.05, 0) is 42.7 Å². The lowest BCUT2D eigenvalue weighted by atomic mass is 9.96. The van der Waals surface area contributed by atoms with Crippen LogP contribution in [-0.2, 0) is 27.1 Å². The third-order valence-corrected chi connectivity index (χ3v) is 5.79. The summed E-state index contributed by atoms with van der Waals surface area (Å²) in [7, 11) is 0. The molecule has 0 bridgehead atoms. The fourth-order valence-corrected chi connectivity index (χ4v) is 4.29. The molecule has 2 aromatic carbocycles. The Morgan fingerprint density at radius 2 is 1.90 bits per heavy atom. The molecular formula is C23H25F3N2O3. The van der Waals surface area contributed by atoms with E-state index in [1.807, 2.05) is 35.2 Å². The molecule has 166 valence electrons. The first-order chi connectivity index (χ1) is 14.8. The molecule has 0 unspecified atom stereocenters. The van der Waals surface area contributed by atoms with Crippen LogP contribution in [0.1, 0.15) is 24.0 Å². The van der Waals surface area contributed by atoms with Crippen molar-refractivity contribution >= 4 is 11.6 Å². The minimum Gasteiger partial charge on any atom is -0.371 e. The number of ether oxygens (including phenoxy) is 2. The quantitative estimate of drug-likeness (QED) is 0.744. The van der Waals surface area contributed by atoms with Crippen LogP contribution in [0.3, 0.4) is 0 Å². The van der Waals surface area contributed by atoms with E-state index in [0.29, 0.717) is 32.0 Å². The number of hydrogen-bond donors (Lipinski definition) is 1. The van der Waals surface area contributed by atoms with Crippen LogP contribution in [0.25, 0.3) is 0 Å². The van der Waals surface area contributed by atoms with Gasteiger partial charge in [0.2, 0.25) is 5.91 Å². The van der Waals surface area contributed by atoms with Gasteiger partial charge in [0, 0.05) is 25.4 Å². The number of hydrogen-bond acceptors (Lipinski definition) is 4. The number of benzene rings is 2. The minimum atomic E-state index is -4.40. The maximum absolute atomic E-state index is 12.7. The van der Waals surface area contributed by atoms with E-state index in [1.165, 1.54) is 12.1 Å². The number of nitrogens with one attached hydrogen (secondary N) is 1. The topological polar surface area (TPSA) is 50.8 Å². The third-order valence-electron chi connectivity index (χ3n) is 5.79. The first-order valence-corrected chi connectivity index (χ1v) is 10.3. The number of halogens is 3. The molecule has 8 heteroatoms. The van der Waals surface area contributed by atoms with Crippen molar-refractivity contribution in [1.82, 2.24) is 4.90 Å². The van der Waals surface area contributed by atoms with Crippen LogP contribution >= 0.6 is 0 Å². The monoisotopic (exact) mass is 434 g/mol. The number of amides is 1. The maximum Gasteiger partial charge on any atom is 0.416 e. The van der Waals surface area contributed by atoms with E-state index in [4.69, 9.17) is 9.47 Å². The first-order valence-electron chi connectivity index (χ1n) is 10.3. The van der Waals surface area contributed by atoms with Gasteiger partial charge in [-0.1, -0.05) is 30.3 Å². The van der Waals surface area contributed by atoms with E-state index in [-0.39, 0.29) is 18.6 Å². The van der Waals surface area contributed by atoms with E-state index >= 15 is 0 Å². The van der Waals surface area contributed by atoms with Crippen LogP contribution in [0.2, 0.25) is 0 Å². The van der Waals surface area contributed by atoms with Crippen molar-refractivity contribution in [1.29, 1.82) is 0 Å². The standard InChI is InChI=1S/C23H25F3N2O3/c24-23(25,26)18-7-9-19(10-8-18)27-21(29)14-28-13-20(22(16-28)11-4-12-31-22)30-15-17-5-2-1-3-6-17/h1-3,5-10,20H,4,11-16H2,(H,27,29)/t20-,22-/m0/s1. The van der Waals surface area contributed by atoms with Crippen LogP contribution in [0.15, 0.2) is 54.6 Å². The minimum absolute atomic E-state index is 0.122. The molecule has 2 atom stereocenters. The van der Waals surface area contributed by atoms with E-state index in [1.54, 1.807) is 0 Å². The van der Waals surface area contributed by atoms with Gasteiger partial charge in [-0.15, -0.1) is 0 Å². The Balaban J connectivity index is 1.34. The van der Waals surface area contributed by atoms with Crippen LogP contribution in [0, 0.1) is 0 Å². The molecule has 2 saturated heterocycles. The number of likely N-dealkylation sites (tertiary alicyclic amines) is 1. The second-order valence-corrected chi connectivity index (χ2v) is 8.09. The van der Waals surface area contributed by atoms with Crippen LogP contribution in [0.4, 0.5) is 18.9 Å². The first kappa shape index (κ1) is 21.8. The van der Waals surface area contributed by atoms with Crippen molar-refractivity contribution < 1.29 is 27.4 Å². The number of alkyl halides is 3. The number of anilines is 1. The van der Waals surface area contributed by atoms with Crippen LogP contribution in [0.5, 0.6) is 0 Å². The van der Waals surface area contributed by atoms with Gasteiger partial charge in [0.25, 0.3) is 0 Å². The van der Waals surface area contributed by atoms with E-state index in [9.17, 15) is 18.0 Å². The Morgan fingerprint density at radius 3 is 2.55 bits per heavy atom. The van der Waals surface area contributed by atoms with Crippen molar-refractivity contribution in [2.24, 2.45) is 0 Å². The molecule has 2 aliphatic heterocycles. The molecule has 0 aliphatic carbocycles. The molecule has 4 rings (SSSR count). The summed E-state index contributed by atoms with van der Waals surface area (Å²) in [6.07, 6.45) is -2.71. The number of carbonyl (C=O) groups is 1. The summed E-state index contributed by atoms with van der Waals surface area (Å²) in [5, 5.41) is 2.67. The molecule has 2 fully saturated rings. The molecule has 2 aromatic rings. The zero-order valence-corrected chi connectivity index (χ0v) is 17.0. The molecule has 1 spiro atoms. The predicted octanol–water partition coefficient (Wildman–Crippen LogP) is 4.09. The summed E-state index contributed by atoms with van der Waals surface area (Å²) in [6.45, 7) is 2.43. The number of nitrogens with zero attached hydrogens (tertiary/aromatic N) is 1.